The van der Waals surface area contributed by atoms with Crippen molar-refractivity contribution in [3.63, 3.8) is 0 Å². The number of amides is 2. The number of hydrogen-bond acceptors (Lipinski definition) is 4. The minimum absolute atomic E-state index is 0.174. The number of carbonyl (C=O) groups is 3. The Balaban J connectivity index is 1.49. The highest BCUT2D eigenvalue weighted by Gasteiger charge is 2.46. The van der Waals surface area contributed by atoms with E-state index in [4.69, 9.17) is 4.84 Å². The molecule has 1 heterocycles. The van der Waals surface area contributed by atoms with Gasteiger partial charge < -0.3 is 4.84 Å². The zero-order valence-electron chi connectivity index (χ0n) is 11.5. The molecule has 4 rings (SSSR count). The number of nitrogens with zero attached hydrogens (tertiary/aromatic N) is 1. The first-order chi connectivity index (χ1) is 10.1. The van der Waals surface area contributed by atoms with Crippen LogP contribution < -0.4 is 0 Å². The maximum absolute atomic E-state index is 12.2. The molecule has 108 valence electrons. The predicted octanol–water partition coefficient (Wildman–Crippen LogP) is 2.18. The second-order valence-electron chi connectivity index (χ2n) is 6.13. The Bertz CT molecular complexity index is 606. The van der Waals surface area contributed by atoms with E-state index >= 15 is 0 Å². The third-order valence-electron chi connectivity index (χ3n) is 5.02. The lowest BCUT2D eigenvalue weighted by atomic mass is 9.77. The lowest BCUT2D eigenvalue weighted by Crippen LogP contribution is -2.34. The van der Waals surface area contributed by atoms with Crippen molar-refractivity contribution in [3.8, 4) is 0 Å². The average Bonchev–Trinajstić information content (AvgIpc) is 2.89. The molecule has 1 aromatic rings. The molecule has 0 radical (unpaired) electrons. The van der Waals surface area contributed by atoms with Gasteiger partial charge >= 0.3 is 5.97 Å². The third kappa shape index (κ3) is 1.80. The van der Waals surface area contributed by atoms with E-state index in [1.807, 2.05) is 0 Å². The largest absolute Gasteiger partial charge is 0.336 e. The minimum Gasteiger partial charge on any atom is -0.329 e. The molecular weight excluding hydrogens is 270 g/mol. The number of hydrogen-bond donors (Lipinski definition) is 0. The normalized spacial score (nSPS) is 29.9. The first-order valence-corrected chi connectivity index (χ1v) is 7.35. The van der Waals surface area contributed by atoms with Gasteiger partial charge in [0.05, 0.1) is 17.0 Å². The van der Waals surface area contributed by atoms with E-state index in [-0.39, 0.29) is 5.92 Å². The summed E-state index contributed by atoms with van der Waals surface area (Å²) in [5.41, 5.74) is 0.587. The van der Waals surface area contributed by atoms with Gasteiger partial charge in [0.2, 0.25) is 0 Å². The van der Waals surface area contributed by atoms with E-state index in [2.05, 4.69) is 0 Å². The van der Waals surface area contributed by atoms with Crippen LogP contribution in [0.3, 0.4) is 0 Å². The second-order valence-corrected chi connectivity index (χ2v) is 6.13. The summed E-state index contributed by atoms with van der Waals surface area (Å²) >= 11 is 0. The Morgan fingerprint density at radius 2 is 1.52 bits per heavy atom. The van der Waals surface area contributed by atoms with E-state index in [1.165, 1.54) is 12.8 Å². The van der Waals surface area contributed by atoms with E-state index in [0.29, 0.717) is 28.0 Å². The molecule has 0 N–H and O–H groups in total. The van der Waals surface area contributed by atoms with Crippen molar-refractivity contribution in [1.82, 2.24) is 5.06 Å². The Hall–Kier alpha value is -2.17. The zero-order valence-corrected chi connectivity index (χ0v) is 11.5. The van der Waals surface area contributed by atoms with E-state index < -0.39 is 17.8 Å². The molecule has 21 heavy (non-hydrogen) atoms. The highest BCUT2D eigenvalue weighted by Crippen LogP contribution is 2.49. The lowest BCUT2D eigenvalue weighted by molar-refractivity contribution is -0.173. The molecule has 2 amide bonds. The van der Waals surface area contributed by atoms with Gasteiger partial charge in [-0.1, -0.05) is 17.2 Å². The maximum atomic E-state index is 12.2. The SMILES string of the molecule is O=C(ON1C(=O)c2ccccc2C1=O)C1C[C@H]2CC[C@H]2C1. The van der Waals surface area contributed by atoms with Crippen molar-refractivity contribution < 1.29 is 19.2 Å². The van der Waals surface area contributed by atoms with Crippen molar-refractivity contribution in [1.29, 1.82) is 0 Å². The molecule has 0 bridgehead atoms. The molecule has 2 aliphatic carbocycles. The molecule has 2 saturated carbocycles. The van der Waals surface area contributed by atoms with Crippen LogP contribution in [0.25, 0.3) is 0 Å². The molecule has 3 aliphatic rings. The molecule has 0 saturated heterocycles. The van der Waals surface area contributed by atoms with Crippen LogP contribution in [0.4, 0.5) is 0 Å². The number of fused-ring (bicyclic) bond motifs is 2. The van der Waals surface area contributed by atoms with Crippen LogP contribution in [0.2, 0.25) is 0 Å². The molecule has 0 spiro atoms. The summed E-state index contributed by atoms with van der Waals surface area (Å²) in [5, 5.41) is 0.618. The monoisotopic (exact) mass is 285 g/mol. The molecule has 5 nitrogen and oxygen atoms in total. The van der Waals surface area contributed by atoms with Gasteiger partial charge in [-0.25, -0.2) is 4.79 Å². The first-order valence-electron chi connectivity index (χ1n) is 7.35. The molecule has 1 aliphatic heterocycles. The number of benzene rings is 1. The van der Waals surface area contributed by atoms with Gasteiger partial charge in [-0.15, -0.1) is 0 Å². The molecule has 2 fully saturated rings. The van der Waals surface area contributed by atoms with Crippen LogP contribution in [-0.4, -0.2) is 22.8 Å². The fourth-order valence-corrected chi connectivity index (χ4v) is 3.69. The topological polar surface area (TPSA) is 63.7 Å². The summed E-state index contributed by atoms with van der Waals surface area (Å²) in [6, 6.07) is 6.51. The van der Waals surface area contributed by atoms with Gasteiger partial charge in [0.25, 0.3) is 11.8 Å². The molecule has 1 aromatic carbocycles. The Labute approximate surface area is 121 Å². The van der Waals surface area contributed by atoms with Gasteiger partial charge in [-0.2, -0.15) is 0 Å². The van der Waals surface area contributed by atoms with E-state index in [1.54, 1.807) is 24.3 Å². The van der Waals surface area contributed by atoms with Crippen LogP contribution in [0.1, 0.15) is 46.4 Å². The maximum Gasteiger partial charge on any atom is 0.336 e. The predicted molar refractivity (Wildman–Crippen MR) is 72.0 cm³/mol. The molecule has 3 atom stereocenters. The van der Waals surface area contributed by atoms with Gasteiger partial charge in [-0.3, -0.25) is 9.59 Å². The summed E-state index contributed by atoms with van der Waals surface area (Å²) < 4.78 is 0. The van der Waals surface area contributed by atoms with Crippen molar-refractivity contribution in [2.75, 3.05) is 0 Å². The van der Waals surface area contributed by atoms with Gasteiger partial charge in [0.15, 0.2) is 0 Å². The third-order valence-corrected chi connectivity index (χ3v) is 5.02. The van der Waals surface area contributed by atoms with Crippen molar-refractivity contribution >= 4 is 17.8 Å². The summed E-state index contributed by atoms with van der Waals surface area (Å²) in [6.45, 7) is 0. The number of rotatable bonds is 2. The summed E-state index contributed by atoms with van der Waals surface area (Å²) in [6.07, 6.45) is 4.02. The molecule has 0 aromatic heterocycles. The van der Waals surface area contributed by atoms with Gasteiger partial charge in [0.1, 0.15) is 0 Å². The highest BCUT2D eigenvalue weighted by molar-refractivity contribution is 6.20. The van der Waals surface area contributed by atoms with E-state index in [9.17, 15) is 14.4 Å². The number of carbonyl (C=O) groups excluding carboxylic acids is 3. The Kier molecular flexibility index (Phi) is 2.64. The van der Waals surface area contributed by atoms with Gasteiger partial charge in [0, 0.05) is 0 Å². The Morgan fingerprint density at radius 1 is 1.00 bits per heavy atom. The van der Waals surface area contributed by atoms with Crippen molar-refractivity contribution in [3.05, 3.63) is 35.4 Å². The lowest BCUT2D eigenvalue weighted by Gasteiger charge is -2.29. The Morgan fingerprint density at radius 3 is 2.00 bits per heavy atom. The molecule has 5 heteroatoms. The molecular formula is C16H15NO4. The van der Waals surface area contributed by atoms with E-state index in [0.717, 1.165) is 12.8 Å². The highest BCUT2D eigenvalue weighted by atomic mass is 16.7. The summed E-state index contributed by atoms with van der Waals surface area (Å²) in [4.78, 5) is 41.6. The van der Waals surface area contributed by atoms with Crippen LogP contribution in [0.15, 0.2) is 24.3 Å². The van der Waals surface area contributed by atoms with Crippen LogP contribution in [0, 0.1) is 17.8 Å². The van der Waals surface area contributed by atoms with Crippen LogP contribution in [0.5, 0.6) is 0 Å². The summed E-state index contributed by atoms with van der Waals surface area (Å²) in [7, 11) is 0. The number of imide groups is 1. The van der Waals surface area contributed by atoms with Gasteiger partial charge in [-0.05, 0) is 49.7 Å². The summed E-state index contributed by atoms with van der Waals surface area (Å²) in [5.74, 6) is -0.463. The first kappa shape index (κ1) is 12.6. The standard InChI is InChI=1S/C16H15NO4/c18-14-12-3-1-2-4-13(12)15(19)17(14)21-16(20)11-7-9-5-6-10(9)8-11/h1-4,9-11H,5-8H2/t9-,10+,11?. The second kappa shape index (κ2) is 4.41. The van der Waals surface area contributed by atoms with Crippen LogP contribution >= 0.6 is 0 Å². The van der Waals surface area contributed by atoms with Crippen LogP contribution in [-0.2, 0) is 9.63 Å². The number of hydroxylamine groups is 2. The minimum atomic E-state index is -0.551. The van der Waals surface area contributed by atoms with Crippen molar-refractivity contribution in [2.45, 2.75) is 25.7 Å². The quantitative estimate of drug-likeness (QED) is 0.781. The zero-order chi connectivity index (χ0) is 14.6. The smallest absolute Gasteiger partial charge is 0.329 e. The molecule has 1 unspecified atom stereocenters. The van der Waals surface area contributed by atoms with Crippen molar-refractivity contribution in [2.24, 2.45) is 17.8 Å². The average molecular weight is 285 g/mol. The fourth-order valence-electron chi connectivity index (χ4n) is 3.69. The fraction of sp³-hybridized carbons (Fsp3) is 0.438.